The molecule has 1 saturated carbocycles. The molecule has 23 heavy (non-hydrogen) atoms. The number of hydrogen-bond acceptors (Lipinski definition) is 3. The number of carbonyl (C=O) groups is 1. The van der Waals surface area contributed by atoms with Crippen LogP contribution in [0.25, 0.3) is 0 Å². The van der Waals surface area contributed by atoms with E-state index < -0.39 is 11.4 Å². The predicted molar refractivity (Wildman–Crippen MR) is 87.4 cm³/mol. The number of nitrogens with one attached hydrogen (secondary N) is 2. The van der Waals surface area contributed by atoms with Gasteiger partial charge in [0.1, 0.15) is 5.82 Å². The zero-order valence-corrected chi connectivity index (χ0v) is 13.6. The topological polar surface area (TPSA) is 64.6 Å². The van der Waals surface area contributed by atoms with Gasteiger partial charge in [0.15, 0.2) is 0 Å². The normalized spacial score (nSPS) is 22.6. The summed E-state index contributed by atoms with van der Waals surface area (Å²) in [4.78, 5) is 14.0. The van der Waals surface area contributed by atoms with Crippen molar-refractivity contribution in [3.05, 3.63) is 29.0 Å². The van der Waals surface area contributed by atoms with Crippen molar-refractivity contribution in [1.29, 1.82) is 0 Å². The van der Waals surface area contributed by atoms with E-state index in [1.165, 1.54) is 6.07 Å². The van der Waals surface area contributed by atoms with E-state index in [1.54, 1.807) is 12.1 Å². The Morgan fingerprint density at radius 3 is 2.91 bits per heavy atom. The molecule has 0 spiro atoms. The molecule has 126 valence electrons. The second-order valence-electron chi connectivity index (χ2n) is 6.43. The third-order valence-electron chi connectivity index (χ3n) is 4.65. The first-order valence-corrected chi connectivity index (χ1v) is 8.30. The monoisotopic (exact) mass is 341 g/mol. The maximum atomic E-state index is 13.2. The SMILES string of the molecule is O=C(NCC1(O)CCC1)NC1CCN(c2ccc(F)c(Cl)c2)C1. The van der Waals surface area contributed by atoms with E-state index in [-0.39, 0.29) is 17.1 Å². The lowest BCUT2D eigenvalue weighted by Gasteiger charge is -2.36. The van der Waals surface area contributed by atoms with Crippen molar-refractivity contribution in [2.45, 2.75) is 37.3 Å². The molecule has 0 aromatic heterocycles. The first kappa shape index (κ1) is 16.3. The molecule has 3 N–H and O–H groups in total. The molecule has 0 bridgehead atoms. The summed E-state index contributed by atoms with van der Waals surface area (Å²) in [7, 11) is 0. The highest BCUT2D eigenvalue weighted by atomic mass is 35.5. The molecule has 1 aromatic rings. The number of anilines is 1. The number of amides is 2. The maximum Gasteiger partial charge on any atom is 0.315 e. The molecule has 2 amide bonds. The van der Waals surface area contributed by atoms with Crippen molar-refractivity contribution >= 4 is 23.3 Å². The van der Waals surface area contributed by atoms with Crippen molar-refractivity contribution in [2.24, 2.45) is 0 Å². The van der Waals surface area contributed by atoms with E-state index in [4.69, 9.17) is 11.6 Å². The fourth-order valence-corrected chi connectivity index (χ4v) is 3.21. The number of urea groups is 1. The van der Waals surface area contributed by atoms with Crippen LogP contribution in [-0.2, 0) is 0 Å². The lowest BCUT2D eigenvalue weighted by molar-refractivity contribution is -0.0290. The molecule has 1 atom stereocenters. The largest absolute Gasteiger partial charge is 0.388 e. The molecule has 1 saturated heterocycles. The Morgan fingerprint density at radius 1 is 1.48 bits per heavy atom. The highest BCUT2D eigenvalue weighted by molar-refractivity contribution is 6.31. The molecule has 7 heteroatoms. The molecule has 1 aliphatic heterocycles. The average molecular weight is 342 g/mol. The fourth-order valence-electron chi connectivity index (χ4n) is 3.04. The fraction of sp³-hybridized carbons (Fsp3) is 0.562. The smallest absolute Gasteiger partial charge is 0.315 e. The summed E-state index contributed by atoms with van der Waals surface area (Å²) in [6, 6.07) is 4.41. The van der Waals surface area contributed by atoms with Crippen LogP contribution in [0.5, 0.6) is 0 Å². The second kappa shape index (κ2) is 6.53. The van der Waals surface area contributed by atoms with Crippen molar-refractivity contribution in [1.82, 2.24) is 10.6 Å². The predicted octanol–water partition coefficient (Wildman–Crippen LogP) is 2.27. The number of carbonyl (C=O) groups excluding carboxylic acids is 1. The number of halogens is 2. The van der Waals surface area contributed by atoms with Gasteiger partial charge in [0.2, 0.25) is 0 Å². The van der Waals surface area contributed by atoms with Crippen molar-refractivity contribution in [3.63, 3.8) is 0 Å². The van der Waals surface area contributed by atoms with Crippen LogP contribution in [0.3, 0.4) is 0 Å². The number of hydrogen-bond donors (Lipinski definition) is 3. The Balaban J connectivity index is 1.47. The third kappa shape index (κ3) is 3.87. The average Bonchev–Trinajstić information content (AvgIpc) is 2.94. The minimum atomic E-state index is -0.718. The first-order valence-electron chi connectivity index (χ1n) is 7.92. The summed E-state index contributed by atoms with van der Waals surface area (Å²) in [6.07, 6.45) is 3.32. The van der Waals surface area contributed by atoms with Crippen LogP contribution in [0.4, 0.5) is 14.9 Å². The van der Waals surface area contributed by atoms with E-state index in [2.05, 4.69) is 15.5 Å². The third-order valence-corrected chi connectivity index (χ3v) is 4.94. The Kier molecular flexibility index (Phi) is 4.64. The van der Waals surface area contributed by atoms with E-state index in [0.29, 0.717) is 13.1 Å². The second-order valence-corrected chi connectivity index (χ2v) is 6.84. The molecule has 1 unspecified atom stereocenters. The molecule has 5 nitrogen and oxygen atoms in total. The van der Waals surface area contributed by atoms with Crippen LogP contribution in [-0.4, -0.2) is 42.4 Å². The van der Waals surface area contributed by atoms with Gasteiger partial charge in [0.25, 0.3) is 0 Å². The van der Waals surface area contributed by atoms with E-state index >= 15 is 0 Å². The van der Waals surface area contributed by atoms with Crippen molar-refractivity contribution in [2.75, 3.05) is 24.5 Å². The van der Waals surface area contributed by atoms with Crippen LogP contribution in [0.15, 0.2) is 18.2 Å². The van der Waals surface area contributed by atoms with Gasteiger partial charge < -0.3 is 20.6 Å². The summed E-state index contributed by atoms with van der Waals surface area (Å²) in [5.41, 5.74) is 0.133. The lowest BCUT2D eigenvalue weighted by atomic mass is 9.80. The number of benzene rings is 1. The molecule has 1 aromatic carbocycles. The first-order chi connectivity index (χ1) is 11.0. The Bertz CT molecular complexity index is 595. The van der Waals surface area contributed by atoms with E-state index in [0.717, 1.165) is 37.9 Å². The minimum Gasteiger partial charge on any atom is -0.388 e. The number of nitrogens with zero attached hydrogens (tertiary/aromatic N) is 1. The van der Waals surface area contributed by atoms with Gasteiger partial charge in [0, 0.05) is 31.4 Å². The van der Waals surface area contributed by atoms with Crippen LogP contribution in [0.2, 0.25) is 5.02 Å². The maximum absolute atomic E-state index is 13.2. The standard InChI is InChI=1S/C16H21ClFN3O2/c17-13-8-12(2-3-14(13)18)21-7-4-11(9-21)20-15(22)19-10-16(23)5-1-6-16/h2-3,8,11,23H,1,4-7,9-10H2,(H2,19,20,22). The van der Waals surface area contributed by atoms with Gasteiger partial charge in [-0.05, 0) is 43.9 Å². The van der Waals surface area contributed by atoms with Gasteiger partial charge in [-0.3, -0.25) is 0 Å². The van der Waals surface area contributed by atoms with Gasteiger partial charge in [-0.2, -0.15) is 0 Å². The van der Waals surface area contributed by atoms with Gasteiger partial charge in [-0.25, -0.2) is 9.18 Å². The summed E-state index contributed by atoms with van der Waals surface area (Å²) in [5.74, 6) is -0.433. The van der Waals surface area contributed by atoms with Gasteiger partial charge >= 0.3 is 6.03 Å². The van der Waals surface area contributed by atoms with Gasteiger partial charge in [-0.15, -0.1) is 0 Å². The number of aliphatic hydroxyl groups is 1. The number of rotatable bonds is 4. The summed E-state index contributed by atoms with van der Waals surface area (Å²) in [5, 5.41) is 15.7. The Labute approximate surface area is 139 Å². The molecule has 2 aliphatic rings. The van der Waals surface area contributed by atoms with Crippen molar-refractivity contribution < 1.29 is 14.3 Å². The molecule has 3 rings (SSSR count). The van der Waals surface area contributed by atoms with E-state index in [1.807, 2.05) is 0 Å². The molecule has 1 aliphatic carbocycles. The summed E-state index contributed by atoms with van der Waals surface area (Å²) >= 11 is 5.81. The molecule has 1 heterocycles. The zero-order valence-electron chi connectivity index (χ0n) is 12.8. The molecular weight excluding hydrogens is 321 g/mol. The highest BCUT2D eigenvalue weighted by Crippen LogP contribution is 2.30. The highest BCUT2D eigenvalue weighted by Gasteiger charge is 2.34. The Morgan fingerprint density at radius 2 is 2.26 bits per heavy atom. The zero-order chi connectivity index (χ0) is 16.4. The lowest BCUT2D eigenvalue weighted by Crippen LogP contribution is -2.51. The van der Waals surface area contributed by atoms with Gasteiger partial charge in [0.05, 0.1) is 10.6 Å². The van der Waals surface area contributed by atoms with Crippen LogP contribution in [0.1, 0.15) is 25.7 Å². The molecule has 0 radical (unpaired) electrons. The van der Waals surface area contributed by atoms with Crippen LogP contribution >= 0.6 is 11.6 Å². The minimum absolute atomic E-state index is 0.0230. The summed E-state index contributed by atoms with van der Waals surface area (Å²) < 4.78 is 13.2. The van der Waals surface area contributed by atoms with Crippen LogP contribution < -0.4 is 15.5 Å². The van der Waals surface area contributed by atoms with E-state index in [9.17, 15) is 14.3 Å². The van der Waals surface area contributed by atoms with Crippen molar-refractivity contribution in [3.8, 4) is 0 Å². The van der Waals surface area contributed by atoms with Gasteiger partial charge in [-0.1, -0.05) is 11.6 Å². The molecule has 2 fully saturated rings. The summed E-state index contributed by atoms with van der Waals surface area (Å²) in [6.45, 7) is 1.72. The van der Waals surface area contributed by atoms with Crippen LogP contribution in [0, 0.1) is 5.82 Å². The Hall–Kier alpha value is -1.53. The quantitative estimate of drug-likeness (QED) is 0.787. The molecular formula is C16H21ClFN3O2.